The van der Waals surface area contributed by atoms with Gasteiger partial charge in [-0.05, 0) is 52.3 Å². The van der Waals surface area contributed by atoms with Crippen LogP contribution in [0.2, 0.25) is 0 Å². The molecule has 3 aromatic rings. The van der Waals surface area contributed by atoms with Gasteiger partial charge in [0.25, 0.3) is 0 Å². The molecule has 0 N–H and O–H groups in total. The zero-order valence-corrected chi connectivity index (χ0v) is 17.4. The molecular weight excluding hydrogens is 378 g/mol. The van der Waals surface area contributed by atoms with Crippen molar-refractivity contribution >= 4 is 23.1 Å². The molecule has 0 radical (unpaired) electrons. The summed E-state index contributed by atoms with van der Waals surface area (Å²) in [6, 6.07) is 3.24. The number of hydrogen-bond acceptors (Lipinski definition) is 7. The van der Waals surface area contributed by atoms with Gasteiger partial charge in [-0.2, -0.15) is 4.57 Å². The summed E-state index contributed by atoms with van der Waals surface area (Å²) in [4.78, 5) is 38.1. The Morgan fingerprint density at radius 3 is 2.34 bits per heavy atom. The normalized spacial score (nSPS) is 11.7. The monoisotopic (exact) mass is 401 g/mol. The minimum atomic E-state index is -0.833. The summed E-state index contributed by atoms with van der Waals surface area (Å²) in [6.45, 7) is 8.62. The topological polar surface area (TPSA) is 106 Å². The van der Waals surface area contributed by atoms with E-state index in [0.29, 0.717) is 22.6 Å². The van der Waals surface area contributed by atoms with Crippen LogP contribution in [-0.4, -0.2) is 39.1 Å². The first-order chi connectivity index (χ1) is 13.5. The lowest BCUT2D eigenvalue weighted by Gasteiger charge is -2.19. The number of methoxy groups -OCH3 is 1. The molecule has 0 saturated heterocycles. The molecule has 0 unspecified atom stereocenters. The Morgan fingerprint density at radius 2 is 1.83 bits per heavy atom. The lowest BCUT2D eigenvalue weighted by Crippen LogP contribution is -2.33. The lowest BCUT2D eigenvalue weighted by molar-refractivity contribution is 0.0535. The zero-order valence-electron chi connectivity index (χ0n) is 17.4. The highest BCUT2D eigenvalue weighted by molar-refractivity contribution is 6.06. The van der Waals surface area contributed by atoms with Gasteiger partial charge in [0.2, 0.25) is 0 Å². The molecule has 0 spiro atoms. The molecule has 0 aliphatic rings. The van der Waals surface area contributed by atoms with Gasteiger partial charge >= 0.3 is 17.8 Å². The third-order valence-electron chi connectivity index (χ3n) is 4.45. The zero-order chi connectivity index (χ0) is 21.7. The number of hydrogen-bond donors (Lipinski definition) is 0. The van der Waals surface area contributed by atoms with Crippen molar-refractivity contribution < 1.29 is 23.6 Å². The number of imidazole rings is 1. The molecule has 154 valence electrons. The van der Waals surface area contributed by atoms with Crippen molar-refractivity contribution in [2.75, 3.05) is 7.11 Å². The van der Waals surface area contributed by atoms with Crippen molar-refractivity contribution in [1.82, 2.24) is 14.3 Å². The summed E-state index contributed by atoms with van der Waals surface area (Å²) in [7, 11) is 2.73. The van der Waals surface area contributed by atoms with Gasteiger partial charge in [-0.15, -0.1) is 0 Å². The second-order valence-corrected chi connectivity index (χ2v) is 7.74. The van der Waals surface area contributed by atoms with E-state index in [1.807, 2.05) is 0 Å². The summed E-state index contributed by atoms with van der Waals surface area (Å²) < 4.78 is 17.7. The maximum Gasteiger partial charge on any atom is 0.423 e. The highest BCUT2D eigenvalue weighted by Gasteiger charge is 2.27. The van der Waals surface area contributed by atoms with Crippen LogP contribution in [0.3, 0.4) is 0 Å². The Bertz CT molecular complexity index is 1170. The second-order valence-electron chi connectivity index (χ2n) is 7.74. The van der Waals surface area contributed by atoms with E-state index in [2.05, 4.69) is 5.16 Å². The van der Waals surface area contributed by atoms with Gasteiger partial charge in [0, 0.05) is 12.6 Å². The highest BCUT2D eigenvalue weighted by Crippen LogP contribution is 2.32. The van der Waals surface area contributed by atoms with E-state index in [1.165, 1.54) is 18.7 Å². The summed E-state index contributed by atoms with van der Waals surface area (Å²) >= 11 is 0. The summed E-state index contributed by atoms with van der Waals surface area (Å²) in [5.41, 5.74) is 1.05. The van der Waals surface area contributed by atoms with Crippen LogP contribution >= 0.6 is 0 Å². The molecule has 9 heteroatoms. The molecule has 9 nitrogen and oxygen atoms in total. The predicted octanol–water partition coefficient (Wildman–Crippen LogP) is 3.18. The van der Waals surface area contributed by atoms with E-state index in [4.69, 9.17) is 14.0 Å². The number of carbonyl (C=O) groups excluding carboxylic acids is 2. The summed E-state index contributed by atoms with van der Waals surface area (Å²) in [5, 5.41) is 3.94. The molecule has 0 atom stereocenters. The van der Waals surface area contributed by atoms with Crippen LogP contribution < -0.4 is 5.69 Å². The molecular formula is C20H23N3O6. The van der Waals surface area contributed by atoms with Crippen LogP contribution in [0.1, 0.15) is 42.6 Å². The first-order valence-corrected chi connectivity index (χ1v) is 8.96. The standard InChI is InChI=1S/C20H23N3O6/c1-10-15(11(2)29-21-10)12-8-13(17(24)27-7)16-14(9-12)23(18(25)22(16)6)19(26)28-20(3,4)5/h8-9H,1-7H3. The fraction of sp³-hybridized carbons (Fsp3) is 0.400. The van der Waals surface area contributed by atoms with Crippen molar-refractivity contribution in [1.29, 1.82) is 0 Å². The number of ether oxygens (including phenoxy) is 2. The van der Waals surface area contributed by atoms with Crippen LogP contribution in [0.25, 0.3) is 22.2 Å². The molecule has 29 heavy (non-hydrogen) atoms. The van der Waals surface area contributed by atoms with E-state index < -0.39 is 23.4 Å². The van der Waals surface area contributed by atoms with Crippen molar-refractivity contribution in [3.05, 3.63) is 39.6 Å². The number of benzene rings is 1. The maximum absolute atomic E-state index is 12.9. The number of aromatic nitrogens is 3. The largest absolute Gasteiger partial charge is 0.465 e. The average molecular weight is 401 g/mol. The number of nitrogens with zero attached hydrogens (tertiary/aromatic N) is 3. The lowest BCUT2D eigenvalue weighted by atomic mass is 10.00. The molecule has 3 rings (SSSR count). The highest BCUT2D eigenvalue weighted by atomic mass is 16.6. The van der Waals surface area contributed by atoms with Gasteiger partial charge in [-0.25, -0.2) is 14.4 Å². The summed E-state index contributed by atoms with van der Waals surface area (Å²) in [6.07, 6.45) is -0.833. The van der Waals surface area contributed by atoms with Crippen LogP contribution in [0.15, 0.2) is 21.5 Å². The van der Waals surface area contributed by atoms with Gasteiger partial charge in [0.05, 0.1) is 29.4 Å². The quantitative estimate of drug-likeness (QED) is 0.607. The van der Waals surface area contributed by atoms with Gasteiger partial charge < -0.3 is 14.0 Å². The van der Waals surface area contributed by atoms with Gasteiger partial charge in [0.1, 0.15) is 11.4 Å². The first-order valence-electron chi connectivity index (χ1n) is 8.96. The van der Waals surface area contributed by atoms with Gasteiger partial charge in [-0.3, -0.25) is 4.57 Å². The van der Waals surface area contributed by atoms with E-state index in [-0.39, 0.29) is 16.6 Å². The van der Waals surface area contributed by atoms with E-state index in [0.717, 1.165) is 4.57 Å². The second kappa shape index (κ2) is 6.91. The smallest absolute Gasteiger partial charge is 0.423 e. The molecule has 1 aromatic carbocycles. The number of aryl methyl sites for hydroxylation is 3. The Morgan fingerprint density at radius 1 is 1.17 bits per heavy atom. The van der Waals surface area contributed by atoms with Crippen molar-refractivity contribution in [2.45, 2.75) is 40.2 Å². The minimum absolute atomic E-state index is 0.141. The van der Waals surface area contributed by atoms with E-state index >= 15 is 0 Å². The maximum atomic E-state index is 12.9. The third kappa shape index (κ3) is 3.43. The minimum Gasteiger partial charge on any atom is -0.465 e. The van der Waals surface area contributed by atoms with Crippen LogP contribution in [0.4, 0.5) is 4.79 Å². The Hall–Kier alpha value is -3.36. The van der Waals surface area contributed by atoms with Gasteiger partial charge in [-0.1, -0.05) is 5.16 Å². The average Bonchev–Trinajstić information content (AvgIpc) is 3.08. The summed E-state index contributed by atoms with van der Waals surface area (Å²) in [5.74, 6) is -0.0969. The number of fused-ring (bicyclic) bond motifs is 1. The predicted molar refractivity (Wildman–Crippen MR) is 105 cm³/mol. The molecule has 0 amide bonds. The van der Waals surface area contributed by atoms with Crippen molar-refractivity contribution in [2.24, 2.45) is 7.05 Å². The number of carbonyl (C=O) groups is 2. The first kappa shape index (κ1) is 20.4. The van der Waals surface area contributed by atoms with Crippen molar-refractivity contribution in [3.8, 4) is 11.1 Å². The Kier molecular flexibility index (Phi) is 4.86. The molecule has 0 aliphatic carbocycles. The fourth-order valence-electron chi connectivity index (χ4n) is 3.28. The van der Waals surface area contributed by atoms with Crippen LogP contribution in [0.5, 0.6) is 0 Å². The SMILES string of the molecule is COC(=O)c1cc(-c2c(C)noc2C)cc2c1n(C)c(=O)n2C(=O)OC(C)(C)C. The molecule has 0 bridgehead atoms. The van der Waals surface area contributed by atoms with Crippen molar-refractivity contribution in [3.63, 3.8) is 0 Å². The number of rotatable bonds is 2. The molecule has 2 aromatic heterocycles. The van der Waals surface area contributed by atoms with Crippen LogP contribution in [0, 0.1) is 13.8 Å². The fourth-order valence-corrected chi connectivity index (χ4v) is 3.28. The van der Waals surface area contributed by atoms with E-state index in [1.54, 1.807) is 46.8 Å². The Balaban J connectivity index is 2.41. The van der Waals surface area contributed by atoms with Gasteiger partial charge in [0.15, 0.2) is 0 Å². The molecule has 0 saturated carbocycles. The molecule has 2 heterocycles. The molecule has 0 aliphatic heterocycles. The van der Waals surface area contributed by atoms with E-state index in [9.17, 15) is 14.4 Å². The molecule has 0 fully saturated rings. The third-order valence-corrected chi connectivity index (χ3v) is 4.45. The number of esters is 1. The Labute approximate surface area is 166 Å². The van der Waals surface area contributed by atoms with Crippen LogP contribution in [-0.2, 0) is 16.5 Å².